The molecule has 4 amide bonds. The van der Waals surface area contributed by atoms with Crippen molar-refractivity contribution in [1.82, 2.24) is 4.90 Å². The van der Waals surface area contributed by atoms with E-state index in [-0.39, 0.29) is 27.7 Å². The molecular weight excluding hydrogens is 416 g/mol. The first-order valence-corrected chi connectivity index (χ1v) is 9.03. The van der Waals surface area contributed by atoms with Crippen LogP contribution in [-0.4, -0.2) is 39.5 Å². The number of carbonyl (C=O) groups is 4. The van der Waals surface area contributed by atoms with Crippen LogP contribution in [0.2, 0.25) is 5.02 Å². The summed E-state index contributed by atoms with van der Waals surface area (Å²) in [6.07, 6.45) is 0. The van der Waals surface area contributed by atoms with Crippen LogP contribution < -0.4 is 10.6 Å². The highest BCUT2D eigenvalue weighted by Gasteiger charge is 2.44. The van der Waals surface area contributed by atoms with Gasteiger partial charge >= 0.3 is 0 Å². The summed E-state index contributed by atoms with van der Waals surface area (Å²) in [5, 5.41) is 16.4. The Bertz CT molecular complexity index is 1120. The van der Waals surface area contributed by atoms with Crippen LogP contribution in [-0.2, 0) is 9.59 Å². The van der Waals surface area contributed by atoms with Gasteiger partial charge in [-0.1, -0.05) is 17.7 Å². The van der Waals surface area contributed by atoms with Crippen molar-refractivity contribution in [2.75, 3.05) is 10.6 Å². The lowest BCUT2D eigenvalue weighted by molar-refractivity contribution is -0.385. The minimum Gasteiger partial charge on any atom is -0.326 e. The van der Waals surface area contributed by atoms with Gasteiger partial charge < -0.3 is 10.6 Å². The molecule has 0 saturated heterocycles. The van der Waals surface area contributed by atoms with E-state index in [1.165, 1.54) is 44.2 Å². The Balaban J connectivity index is 1.83. The standard InChI is InChI=1S/C19H15ClN4O6/c1-9(17(26)22-14-7-6-11(8-13(14)20)21-10(2)25)23-18(27)12-4-3-5-15(24(29)30)16(12)19(23)28/h3-9H,1-2H3,(H,21,25)(H,22,26). The number of nitrogens with zero attached hydrogens (tertiary/aromatic N) is 2. The second-order valence-electron chi connectivity index (χ2n) is 6.48. The predicted octanol–water partition coefficient (Wildman–Crippen LogP) is 2.83. The molecule has 1 atom stereocenters. The molecule has 10 nitrogen and oxygen atoms in total. The van der Waals surface area contributed by atoms with Crippen molar-refractivity contribution < 1.29 is 24.1 Å². The van der Waals surface area contributed by atoms with Crippen LogP contribution in [0.1, 0.15) is 34.6 Å². The molecule has 154 valence electrons. The van der Waals surface area contributed by atoms with Gasteiger partial charge in [0.2, 0.25) is 11.8 Å². The van der Waals surface area contributed by atoms with E-state index in [0.717, 1.165) is 6.07 Å². The molecular formula is C19H15ClN4O6. The van der Waals surface area contributed by atoms with Crippen molar-refractivity contribution in [3.05, 3.63) is 62.7 Å². The third-order valence-electron chi connectivity index (χ3n) is 4.44. The van der Waals surface area contributed by atoms with Gasteiger partial charge in [0.15, 0.2) is 0 Å². The maximum Gasteiger partial charge on any atom is 0.282 e. The fourth-order valence-corrected chi connectivity index (χ4v) is 3.27. The van der Waals surface area contributed by atoms with Crippen LogP contribution in [0.5, 0.6) is 0 Å². The topological polar surface area (TPSA) is 139 Å². The smallest absolute Gasteiger partial charge is 0.282 e. The summed E-state index contributed by atoms with van der Waals surface area (Å²) in [7, 11) is 0. The van der Waals surface area contributed by atoms with Crippen LogP contribution in [0.4, 0.5) is 17.1 Å². The number of fused-ring (bicyclic) bond motifs is 1. The first-order valence-electron chi connectivity index (χ1n) is 8.65. The molecule has 1 aliphatic heterocycles. The van der Waals surface area contributed by atoms with Gasteiger partial charge in [-0.05, 0) is 31.2 Å². The van der Waals surface area contributed by atoms with E-state index in [1.54, 1.807) is 0 Å². The second kappa shape index (κ2) is 7.91. The van der Waals surface area contributed by atoms with Gasteiger partial charge in [-0.2, -0.15) is 0 Å². The Morgan fingerprint density at radius 1 is 1.13 bits per heavy atom. The second-order valence-corrected chi connectivity index (χ2v) is 6.89. The van der Waals surface area contributed by atoms with Crippen molar-refractivity contribution in [3.63, 3.8) is 0 Å². The quantitative estimate of drug-likeness (QED) is 0.424. The van der Waals surface area contributed by atoms with E-state index in [9.17, 15) is 29.3 Å². The molecule has 0 radical (unpaired) electrons. The zero-order valence-electron chi connectivity index (χ0n) is 15.8. The molecule has 3 rings (SSSR count). The van der Waals surface area contributed by atoms with Crippen LogP contribution in [0.25, 0.3) is 0 Å². The Kier molecular flexibility index (Phi) is 5.52. The molecule has 1 heterocycles. The normalized spacial score (nSPS) is 13.6. The van der Waals surface area contributed by atoms with Crippen molar-refractivity contribution in [2.24, 2.45) is 0 Å². The Morgan fingerprint density at radius 2 is 1.83 bits per heavy atom. The summed E-state index contributed by atoms with van der Waals surface area (Å²) in [6.45, 7) is 2.65. The molecule has 0 saturated carbocycles. The van der Waals surface area contributed by atoms with E-state index in [0.29, 0.717) is 10.6 Å². The first kappa shape index (κ1) is 20.9. The van der Waals surface area contributed by atoms with Gasteiger partial charge in [0.25, 0.3) is 17.5 Å². The highest BCUT2D eigenvalue weighted by Crippen LogP contribution is 2.32. The number of hydrogen-bond donors (Lipinski definition) is 2. The summed E-state index contributed by atoms with van der Waals surface area (Å²) in [4.78, 5) is 60.2. The molecule has 0 spiro atoms. The summed E-state index contributed by atoms with van der Waals surface area (Å²) in [5.74, 6) is -2.73. The molecule has 1 aliphatic rings. The van der Waals surface area contributed by atoms with Crippen molar-refractivity contribution in [2.45, 2.75) is 19.9 Å². The lowest BCUT2D eigenvalue weighted by atomic mass is 10.1. The molecule has 0 aromatic heterocycles. The lowest BCUT2D eigenvalue weighted by Gasteiger charge is -2.22. The van der Waals surface area contributed by atoms with Crippen molar-refractivity contribution in [3.8, 4) is 0 Å². The van der Waals surface area contributed by atoms with E-state index in [4.69, 9.17) is 11.6 Å². The SMILES string of the molecule is CC(=O)Nc1ccc(NC(=O)C(C)N2C(=O)c3cccc([N+](=O)[O-])c3C2=O)c(Cl)c1. The number of carbonyl (C=O) groups excluding carboxylic acids is 4. The Morgan fingerprint density at radius 3 is 2.43 bits per heavy atom. The maximum atomic E-state index is 12.7. The van der Waals surface area contributed by atoms with Crippen LogP contribution in [0.3, 0.4) is 0 Å². The minimum absolute atomic E-state index is 0.125. The van der Waals surface area contributed by atoms with E-state index in [1.807, 2.05) is 0 Å². The fraction of sp³-hybridized carbons (Fsp3) is 0.158. The monoisotopic (exact) mass is 430 g/mol. The molecule has 2 aromatic rings. The van der Waals surface area contributed by atoms with Crippen LogP contribution in [0.15, 0.2) is 36.4 Å². The molecule has 11 heteroatoms. The number of hydrogen-bond acceptors (Lipinski definition) is 6. The van der Waals surface area contributed by atoms with Crippen LogP contribution >= 0.6 is 11.6 Å². The summed E-state index contributed by atoms with van der Waals surface area (Å²) < 4.78 is 0. The lowest BCUT2D eigenvalue weighted by Crippen LogP contribution is -2.45. The van der Waals surface area contributed by atoms with Crippen LogP contribution in [0, 0.1) is 10.1 Å². The fourth-order valence-electron chi connectivity index (χ4n) is 3.04. The number of imide groups is 1. The highest BCUT2D eigenvalue weighted by molar-refractivity contribution is 6.34. The number of benzene rings is 2. The summed E-state index contributed by atoms with van der Waals surface area (Å²) in [6, 6.07) is 6.84. The molecule has 0 aliphatic carbocycles. The van der Waals surface area contributed by atoms with E-state index in [2.05, 4.69) is 10.6 Å². The molecule has 30 heavy (non-hydrogen) atoms. The van der Waals surface area contributed by atoms with Gasteiger partial charge in [-0.15, -0.1) is 0 Å². The van der Waals surface area contributed by atoms with Gasteiger partial charge in [-0.25, -0.2) is 0 Å². The maximum absolute atomic E-state index is 12.7. The number of amides is 4. The number of anilines is 2. The zero-order valence-corrected chi connectivity index (χ0v) is 16.5. The summed E-state index contributed by atoms with van der Waals surface area (Å²) >= 11 is 6.12. The zero-order chi connectivity index (χ0) is 22.2. The van der Waals surface area contributed by atoms with E-state index >= 15 is 0 Å². The number of nitro groups is 1. The summed E-state index contributed by atoms with van der Waals surface area (Å²) in [5.41, 5.74) is -0.356. The van der Waals surface area contributed by atoms with Gasteiger partial charge in [-0.3, -0.25) is 34.2 Å². The van der Waals surface area contributed by atoms with E-state index < -0.39 is 34.4 Å². The highest BCUT2D eigenvalue weighted by atomic mass is 35.5. The third kappa shape index (κ3) is 3.72. The number of nitrogens with one attached hydrogen (secondary N) is 2. The molecule has 2 N–H and O–H groups in total. The van der Waals surface area contributed by atoms with Crippen molar-refractivity contribution in [1.29, 1.82) is 0 Å². The Hall–Kier alpha value is -3.79. The van der Waals surface area contributed by atoms with Gasteiger partial charge in [0, 0.05) is 18.7 Å². The number of rotatable bonds is 5. The molecule has 2 aromatic carbocycles. The molecule has 0 fully saturated rings. The minimum atomic E-state index is -1.26. The third-order valence-corrected chi connectivity index (χ3v) is 4.75. The average molecular weight is 431 g/mol. The number of halogens is 1. The predicted molar refractivity (Wildman–Crippen MR) is 107 cm³/mol. The largest absolute Gasteiger partial charge is 0.326 e. The molecule has 1 unspecified atom stereocenters. The first-order chi connectivity index (χ1) is 14.1. The number of nitro benzene ring substituents is 1. The average Bonchev–Trinajstić information content (AvgIpc) is 2.93. The van der Waals surface area contributed by atoms with Gasteiger partial charge in [0.1, 0.15) is 11.6 Å². The van der Waals surface area contributed by atoms with Gasteiger partial charge in [0.05, 0.1) is 21.2 Å². The Labute approximate surface area is 174 Å². The van der Waals surface area contributed by atoms with Crippen molar-refractivity contribution >= 4 is 52.3 Å². The molecule has 0 bridgehead atoms.